The molecule has 2 unspecified atom stereocenters. The molecule has 0 aliphatic heterocycles. The van der Waals surface area contributed by atoms with Gasteiger partial charge in [0.15, 0.2) is 0 Å². The number of primary amides is 1. The Balaban J connectivity index is 2.04. The number of carbonyl (C=O) groups excluding carboxylic acids is 1. The number of halogens is 1. The number of amides is 1. The van der Waals surface area contributed by atoms with Gasteiger partial charge in [-0.2, -0.15) is 0 Å². The number of carbonyl (C=O) groups is 1. The maximum atomic E-state index is 12.9. The van der Waals surface area contributed by atoms with E-state index in [1.807, 2.05) is 0 Å². The maximum Gasteiger partial charge on any atom is 0.237 e. The minimum atomic E-state index is -0.682. The number of nitrogens with two attached hydrogens (primary N) is 1. The van der Waals surface area contributed by atoms with E-state index in [1.54, 1.807) is 12.1 Å². The molecule has 3 N–H and O–H groups in total. The first-order valence-electron chi connectivity index (χ1n) is 7.53. The Morgan fingerprint density at radius 2 is 2.19 bits per heavy atom. The van der Waals surface area contributed by atoms with Crippen molar-refractivity contribution < 1.29 is 13.9 Å². The van der Waals surface area contributed by atoms with Gasteiger partial charge in [-0.3, -0.25) is 4.79 Å². The molecule has 21 heavy (non-hydrogen) atoms. The Hall–Kier alpha value is -1.62. The number of ether oxygens (including phenoxy) is 1. The van der Waals surface area contributed by atoms with Gasteiger partial charge in [0.1, 0.15) is 23.2 Å². The molecule has 0 heterocycles. The first-order valence-corrected chi connectivity index (χ1v) is 7.53. The van der Waals surface area contributed by atoms with Crippen LogP contribution < -0.4 is 15.8 Å². The second-order valence-electron chi connectivity index (χ2n) is 5.66. The third-order valence-corrected chi connectivity index (χ3v) is 4.01. The third-order valence-electron chi connectivity index (χ3n) is 4.01. The number of rotatable bonds is 6. The van der Waals surface area contributed by atoms with E-state index < -0.39 is 5.54 Å². The van der Waals surface area contributed by atoms with Crippen LogP contribution in [0.4, 0.5) is 4.39 Å². The van der Waals surface area contributed by atoms with Gasteiger partial charge in [0, 0.05) is 6.42 Å². The fourth-order valence-electron chi connectivity index (χ4n) is 2.87. The highest BCUT2D eigenvalue weighted by molar-refractivity contribution is 5.84. The summed E-state index contributed by atoms with van der Waals surface area (Å²) in [5.41, 5.74) is 4.93. The number of nitrogens with one attached hydrogen (secondary N) is 1. The van der Waals surface area contributed by atoms with Gasteiger partial charge < -0.3 is 15.8 Å². The zero-order chi connectivity index (χ0) is 15.3. The summed E-state index contributed by atoms with van der Waals surface area (Å²) in [5, 5.41) is 3.29. The van der Waals surface area contributed by atoms with Crippen molar-refractivity contribution in [2.24, 2.45) is 5.73 Å². The predicted molar refractivity (Wildman–Crippen MR) is 79.5 cm³/mol. The van der Waals surface area contributed by atoms with Crippen LogP contribution in [0.1, 0.15) is 39.0 Å². The van der Waals surface area contributed by atoms with Crippen LogP contribution in [0.25, 0.3) is 0 Å². The summed E-state index contributed by atoms with van der Waals surface area (Å²) in [6.45, 7) is 2.81. The first-order chi connectivity index (χ1) is 10.1. The second kappa shape index (κ2) is 6.89. The molecule has 1 aromatic rings. The third kappa shape index (κ3) is 3.94. The Bertz CT molecular complexity index is 478. The summed E-state index contributed by atoms with van der Waals surface area (Å²) in [7, 11) is 0. The summed E-state index contributed by atoms with van der Waals surface area (Å²) in [4.78, 5) is 11.9. The smallest absolute Gasteiger partial charge is 0.237 e. The van der Waals surface area contributed by atoms with Crippen molar-refractivity contribution in [2.45, 2.75) is 50.7 Å². The second-order valence-corrected chi connectivity index (χ2v) is 5.66. The molecule has 1 amide bonds. The quantitative estimate of drug-likeness (QED) is 0.846. The molecule has 1 aliphatic rings. The van der Waals surface area contributed by atoms with Gasteiger partial charge in [-0.1, -0.05) is 6.92 Å². The van der Waals surface area contributed by atoms with E-state index >= 15 is 0 Å². The van der Waals surface area contributed by atoms with Gasteiger partial charge in [0.25, 0.3) is 0 Å². The summed E-state index contributed by atoms with van der Waals surface area (Å²) in [6.07, 6.45) is 3.91. The molecule has 0 saturated heterocycles. The zero-order valence-corrected chi connectivity index (χ0v) is 12.4. The highest BCUT2D eigenvalue weighted by Gasteiger charge is 2.41. The molecule has 1 saturated carbocycles. The minimum Gasteiger partial charge on any atom is -0.490 e. The molecule has 5 heteroatoms. The molecule has 2 rings (SSSR count). The van der Waals surface area contributed by atoms with Gasteiger partial charge in [0.05, 0.1) is 0 Å². The van der Waals surface area contributed by atoms with Crippen molar-refractivity contribution in [3.63, 3.8) is 0 Å². The lowest BCUT2D eigenvalue weighted by Gasteiger charge is -2.39. The van der Waals surface area contributed by atoms with Crippen LogP contribution in [0.3, 0.4) is 0 Å². The highest BCUT2D eigenvalue weighted by atomic mass is 19.1. The summed E-state index contributed by atoms with van der Waals surface area (Å²) in [5.74, 6) is 0.0163. The van der Waals surface area contributed by atoms with Gasteiger partial charge in [-0.25, -0.2) is 4.39 Å². The molecule has 1 aromatic carbocycles. The van der Waals surface area contributed by atoms with E-state index in [-0.39, 0.29) is 17.8 Å². The fraction of sp³-hybridized carbons (Fsp3) is 0.562. The monoisotopic (exact) mass is 294 g/mol. The van der Waals surface area contributed by atoms with E-state index in [0.29, 0.717) is 12.2 Å². The molecule has 1 fully saturated rings. The molecule has 0 aromatic heterocycles. The lowest BCUT2D eigenvalue weighted by atomic mass is 9.79. The molecular weight excluding hydrogens is 271 g/mol. The van der Waals surface area contributed by atoms with Crippen LogP contribution in [-0.4, -0.2) is 24.1 Å². The Morgan fingerprint density at radius 1 is 1.48 bits per heavy atom. The Morgan fingerprint density at radius 3 is 2.81 bits per heavy atom. The molecule has 2 atom stereocenters. The maximum absolute atomic E-state index is 12.9. The predicted octanol–water partition coefficient (Wildman–Crippen LogP) is 2.37. The van der Waals surface area contributed by atoms with Gasteiger partial charge in [0.2, 0.25) is 5.91 Å². The van der Waals surface area contributed by atoms with Crippen LogP contribution in [-0.2, 0) is 4.79 Å². The van der Waals surface area contributed by atoms with Gasteiger partial charge in [-0.15, -0.1) is 0 Å². The van der Waals surface area contributed by atoms with Crippen molar-refractivity contribution in [3.05, 3.63) is 30.1 Å². The average Bonchev–Trinajstić information content (AvgIpc) is 2.48. The standard InChI is InChI=1S/C16H23FN2O2/c1-2-10-19-16(15(18)20)9-3-4-14(11-16)21-13-7-5-12(17)6-8-13/h5-8,14,19H,2-4,9-11H2,1H3,(H2,18,20). The molecule has 4 nitrogen and oxygen atoms in total. The molecule has 0 spiro atoms. The minimum absolute atomic E-state index is 0.0823. The van der Waals surface area contributed by atoms with E-state index in [0.717, 1.165) is 32.2 Å². The Kier molecular flexibility index (Phi) is 5.17. The van der Waals surface area contributed by atoms with Crippen molar-refractivity contribution >= 4 is 5.91 Å². The van der Waals surface area contributed by atoms with E-state index in [4.69, 9.17) is 10.5 Å². The van der Waals surface area contributed by atoms with Crippen LogP contribution in [0.5, 0.6) is 5.75 Å². The summed E-state index contributed by atoms with van der Waals surface area (Å²) < 4.78 is 18.8. The zero-order valence-electron chi connectivity index (χ0n) is 12.4. The molecule has 116 valence electrons. The van der Waals surface area contributed by atoms with Crippen LogP contribution in [0, 0.1) is 5.82 Å². The summed E-state index contributed by atoms with van der Waals surface area (Å²) >= 11 is 0. The number of benzene rings is 1. The topological polar surface area (TPSA) is 64.3 Å². The van der Waals surface area contributed by atoms with E-state index in [1.165, 1.54) is 12.1 Å². The number of hydrogen-bond acceptors (Lipinski definition) is 3. The van der Waals surface area contributed by atoms with Gasteiger partial charge >= 0.3 is 0 Å². The molecular formula is C16H23FN2O2. The van der Waals surface area contributed by atoms with Gasteiger partial charge in [-0.05, 0) is 56.5 Å². The summed E-state index contributed by atoms with van der Waals surface area (Å²) in [6, 6.07) is 5.95. The van der Waals surface area contributed by atoms with Crippen molar-refractivity contribution in [3.8, 4) is 5.75 Å². The Labute approximate surface area is 124 Å². The van der Waals surface area contributed by atoms with Crippen LogP contribution in [0.2, 0.25) is 0 Å². The van der Waals surface area contributed by atoms with Crippen molar-refractivity contribution in [1.29, 1.82) is 0 Å². The van der Waals surface area contributed by atoms with Crippen LogP contribution in [0.15, 0.2) is 24.3 Å². The van der Waals surface area contributed by atoms with E-state index in [9.17, 15) is 9.18 Å². The van der Waals surface area contributed by atoms with Crippen molar-refractivity contribution in [2.75, 3.05) is 6.54 Å². The first kappa shape index (κ1) is 15.8. The normalized spacial score (nSPS) is 25.5. The van der Waals surface area contributed by atoms with Crippen molar-refractivity contribution in [1.82, 2.24) is 5.32 Å². The lowest BCUT2D eigenvalue weighted by molar-refractivity contribution is -0.127. The molecule has 0 bridgehead atoms. The average molecular weight is 294 g/mol. The fourth-order valence-corrected chi connectivity index (χ4v) is 2.87. The lowest BCUT2D eigenvalue weighted by Crippen LogP contribution is -2.59. The SMILES string of the molecule is CCCNC1(C(N)=O)CCCC(Oc2ccc(F)cc2)C1. The van der Waals surface area contributed by atoms with Crippen LogP contribution >= 0.6 is 0 Å². The molecule has 0 radical (unpaired) electrons. The highest BCUT2D eigenvalue weighted by Crippen LogP contribution is 2.31. The number of hydrogen-bond donors (Lipinski definition) is 2. The molecule has 1 aliphatic carbocycles. The largest absolute Gasteiger partial charge is 0.490 e. The van der Waals surface area contributed by atoms with E-state index in [2.05, 4.69) is 12.2 Å².